The highest BCUT2D eigenvalue weighted by Gasteiger charge is 2.22. The van der Waals surface area contributed by atoms with E-state index in [0.29, 0.717) is 21.8 Å². The summed E-state index contributed by atoms with van der Waals surface area (Å²) in [6.07, 6.45) is 0. The third-order valence-corrected chi connectivity index (χ3v) is 9.48. The number of hydrogen-bond acceptors (Lipinski definition) is 10. The van der Waals surface area contributed by atoms with Crippen molar-refractivity contribution in [2.75, 3.05) is 4.90 Å². The Morgan fingerprint density at radius 3 is 1.89 bits per heavy atom. The van der Waals surface area contributed by atoms with Crippen LogP contribution in [0.4, 0.5) is 17.1 Å². The molecule has 0 saturated heterocycles. The lowest BCUT2D eigenvalue weighted by Gasteiger charge is -2.28. The van der Waals surface area contributed by atoms with E-state index in [9.17, 15) is 19.2 Å². The van der Waals surface area contributed by atoms with E-state index >= 15 is 0 Å². The van der Waals surface area contributed by atoms with Crippen molar-refractivity contribution in [1.29, 1.82) is 0 Å². The molecule has 53 heavy (non-hydrogen) atoms. The van der Waals surface area contributed by atoms with Crippen LogP contribution in [0.15, 0.2) is 143 Å². The van der Waals surface area contributed by atoms with Gasteiger partial charge in [0, 0.05) is 52.4 Å². The second kappa shape index (κ2) is 16.3. The molecule has 6 aromatic rings. The zero-order valence-electron chi connectivity index (χ0n) is 29.5. The first-order valence-electron chi connectivity index (χ1n) is 16.8. The molecule has 0 radical (unpaired) electrons. The van der Waals surface area contributed by atoms with Crippen LogP contribution in [-0.4, -0.2) is 34.9 Å². The normalized spacial score (nSPS) is 11.7. The summed E-state index contributed by atoms with van der Waals surface area (Å²) >= 11 is 1.52. The monoisotopic (exact) mass is 721 g/mol. The molecule has 0 amide bonds. The van der Waals surface area contributed by atoms with E-state index in [-0.39, 0.29) is 23.0 Å². The van der Waals surface area contributed by atoms with Crippen LogP contribution in [0.25, 0.3) is 21.5 Å². The summed E-state index contributed by atoms with van der Waals surface area (Å²) in [6.45, 7) is 5.44. The van der Waals surface area contributed by atoms with E-state index in [4.69, 9.17) is 4.84 Å². The molecule has 0 fully saturated rings. The average Bonchev–Trinajstić information content (AvgIpc) is 3.18. The number of fused-ring (bicyclic) bond motifs is 2. The third-order valence-electron chi connectivity index (χ3n) is 8.35. The number of thioether (sulfide) groups is 1. The number of ketones is 2. The number of anilines is 3. The number of hydrogen-bond donors (Lipinski definition) is 0. The summed E-state index contributed by atoms with van der Waals surface area (Å²) < 4.78 is 0. The quantitative estimate of drug-likeness (QED) is 0.0403. The second-order valence-electron chi connectivity index (χ2n) is 12.2. The molecule has 0 bridgehead atoms. The topological polar surface area (TPSA) is 115 Å². The van der Waals surface area contributed by atoms with Crippen molar-refractivity contribution in [2.24, 2.45) is 10.3 Å². The lowest BCUT2D eigenvalue weighted by Crippen LogP contribution is -2.15. The lowest BCUT2D eigenvalue weighted by molar-refractivity contribution is -0.141. The van der Waals surface area contributed by atoms with Gasteiger partial charge in [0.25, 0.3) is 0 Å². The van der Waals surface area contributed by atoms with Crippen molar-refractivity contribution in [2.45, 2.75) is 38.3 Å². The minimum absolute atomic E-state index is 0.0409. The Labute approximate surface area is 310 Å². The average molecular weight is 722 g/mol. The first-order valence-corrected chi connectivity index (χ1v) is 17.7. The van der Waals surface area contributed by atoms with Gasteiger partial charge in [-0.15, -0.1) is 11.8 Å². The Balaban J connectivity index is 1.45. The molecule has 6 aromatic carbocycles. The van der Waals surface area contributed by atoms with Gasteiger partial charge in [0.15, 0.2) is 0 Å². The summed E-state index contributed by atoms with van der Waals surface area (Å²) in [4.78, 5) is 61.8. The maximum Gasteiger partial charge on any atom is 0.331 e. The fourth-order valence-electron chi connectivity index (χ4n) is 5.79. The van der Waals surface area contributed by atoms with Gasteiger partial charge in [0.05, 0.1) is 5.69 Å². The first kappa shape index (κ1) is 36.4. The van der Waals surface area contributed by atoms with E-state index in [2.05, 4.69) is 50.4 Å². The van der Waals surface area contributed by atoms with Gasteiger partial charge in [-0.2, -0.15) is 0 Å². The Hall–Kier alpha value is -6.39. The first-order chi connectivity index (χ1) is 25.6. The van der Waals surface area contributed by atoms with Crippen molar-refractivity contribution in [1.82, 2.24) is 0 Å². The number of benzene rings is 6. The van der Waals surface area contributed by atoms with Crippen molar-refractivity contribution in [3.63, 3.8) is 0 Å². The van der Waals surface area contributed by atoms with Gasteiger partial charge in [-0.1, -0.05) is 89.2 Å². The minimum atomic E-state index is -0.622. The van der Waals surface area contributed by atoms with Gasteiger partial charge in [-0.05, 0) is 84.1 Å². The van der Waals surface area contributed by atoms with E-state index in [0.717, 1.165) is 44.2 Å². The van der Waals surface area contributed by atoms with E-state index in [1.807, 2.05) is 78.9 Å². The molecule has 0 spiro atoms. The molecule has 0 aromatic heterocycles. The van der Waals surface area contributed by atoms with Crippen molar-refractivity contribution in [3.05, 3.63) is 144 Å². The SMILES string of the molecule is CC(=O)O/N=C(\C)C(=O)c1ccc(N(c2ccc(C(=O)/C(C)=N/OC(C)=O)c(SCc3ccc4ccccc4c3)c2)c2cccc3ccccc23)cc1. The third kappa shape index (κ3) is 8.57. The summed E-state index contributed by atoms with van der Waals surface area (Å²) in [6, 6.07) is 41.2. The fourth-order valence-corrected chi connectivity index (χ4v) is 6.81. The van der Waals surface area contributed by atoms with Crippen LogP contribution < -0.4 is 4.90 Å². The molecule has 0 aliphatic heterocycles. The van der Waals surface area contributed by atoms with Crippen LogP contribution in [0.5, 0.6) is 0 Å². The fraction of sp³-hybridized carbons (Fsp3) is 0.116. The molecule has 9 nitrogen and oxygen atoms in total. The highest BCUT2D eigenvalue weighted by atomic mass is 32.2. The van der Waals surface area contributed by atoms with Crippen LogP contribution in [0, 0.1) is 0 Å². The number of carbonyl (C=O) groups is 4. The molecule has 264 valence electrons. The van der Waals surface area contributed by atoms with Crippen molar-refractivity contribution >= 4 is 85.3 Å². The van der Waals surface area contributed by atoms with E-state index in [1.54, 1.807) is 18.2 Å². The number of Topliss-reactive ketones (excluding diaryl/α,β-unsaturated/α-hetero) is 2. The summed E-state index contributed by atoms with van der Waals surface area (Å²) in [5.41, 5.74) is 4.35. The molecule has 0 N–H and O–H groups in total. The molecule has 10 heteroatoms. The maximum atomic E-state index is 13.8. The van der Waals surface area contributed by atoms with Crippen LogP contribution in [-0.2, 0) is 25.0 Å². The minimum Gasteiger partial charge on any atom is -0.318 e. The maximum absolute atomic E-state index is 13.8. The number of oxime groups is 2. The Kier molecular flexibility index (Phi) is 11.2. The number of carbonyl (C=O) groups excluding carboxylic acids is 4. The van der Waals surface area contributed by atoms with Gasteiger partial charge in [0.1, 0.15) is 11.4 Å². The molecule has 0 unspecified atom stereocenters. The molecular formula is C43H35N3O6S. The predicted molar refractivity (Wildman–Crippen MR) is 211 cm³/mol. The second-order valence-corrected chi connectivity index (χ2v) is 13.2. The van der Waals surface area contributed by atoms with Gasteiger partial charge in [0.2, 0.25) is 11.6 Å². The van der Waals surface area contributed by atoms with Crippen molar-refractivity contribution < 1.29 is 28.9 Å². The molecule has 0 atom stereocenters. The Bertz CT molecular complexity index is 2430. The van der Waals surface area contributed by atoms with Gasteiger partial charge in [-0.3, -0.25) is 9.59 Å². The molecule has 0 heterocycles. The van der Waals surface area contributed by atoms with Gasteiger partial charge >= 0.3 is 11.9 Å². The van der Waals surface area contributed by atoms with Crippen LogP contribution in [0.3, 0.4) is 0 Å². The Morgan fingerprint density at radius 2 is 1.19 bits per heavy atom. The Morgan fingerprint density at radius 1 is 0.585 bits per heavy atom. The molecule has 0 aliphatic rings. The predicted octanol–water partition coefficient (Wildman–Crippen LogP) is 10.00. The molecule has 6 rings (SSSR count). The number of nitrogens with zero attached hydrogens (tertiary/aromatic N) is 3. The standard InChI is InChI=1S/C43H35N3O6S/c1-27(44-51-29(3)47)42(49)34-18-20-36(21-19-34)46(40-15-9-13-33-11-7-8-14-38(33)40)37-22-23-39(43(50)28(2)45-52-30(4)48)41(25-37)53-26-31-16-17-32-10-5-6-12-35(32)24-31/h5-25H,26H2,1-4H3/b44-27+,45-28+. The highest BCUT2D eigenvalue weighted by Crippen LogP contribution is 2.41. The zero-order chi connectivity index (χ0) is 37.5. The molecule has 0 saturated carbocycles. The number of rotatable bonds is 12. The van der Waals surface area contributed by atoms with Crippen LogP contribution >= 0.6 is 11.8 Å². The highest BCUT2D eigenvalue weighted by molar-refractivity contribution is 7.98. The van der Waals surface area contributed by atoms with Gasteiger partial charge in [-0.25, -0.2) is 9.59 Å². The van der Waals surface area contributed by atoms with Crippen LogP contribution in [0.2, 0.25) is 0 Å². The van der Waals surface area contributed by atoms with Gasteiger partial charge < -0.3 is 14.6 Å². The largest absolute Gasteiger partial charge is 0.331 e. The zero-order valence-corrected chi connectivity index (χ0v) is 30.3. The smallest absolute Gasteiger partial charge is 0.318 e. The molecule has 0 aliphatic carbocycles. The summed E-state index contributed by atoms with van der Waals surface area (Å²) in [5.74, 6) is -1.41. The lowest BCUT2D eigenvalue weighted by atomic mass is 10.0. The van der Waals surface area contributed by atoms with Crippen LogP contribution in [0.1, 0.15) is 54.0 Å². The molecular weight excluding hydrogens is 687 g/mol. The summed E-state index contributed by atoms with van der Waals surface area (Å²) in [5, 5.41) is 11.7. The van der Waals surface area contributed by atoms with Crippen molar-refractivity contribution in [3.8, 4) is 0 Å². The van der Waals surface area contributed by atoms with E-state index in [1.165, 1.54) is 39.5 Å². The summed E-state index contributed by atoms with van der Waals surface area (Å²) in [7, 11) is 0. The van der Waals surface area contributed by atoms with E-state index < -0.39 is 11.9 Å².